The molecule has 140 valence electrons. The Morgan fingerprint density at radius 2 is 2.00 bits per heavy atom. The van der Waals surface area contributed by atoms with Crippen molar-refractivity contribution in [2.75, 3.05) is 31.1 Å². The molecule has 1 heterocycles. The van der Waals surface area contributed by atoms with Crippen molar-refractivity contribution >= 4 is 11.6 Å². The monoisotopic (exact) mass is 360 g/mol. The lowest BCUT2D eigenvalue weighted by Crippen LogP contribution is -2.48. The van der Waals surface area contributed by atoms with Gasteiger partial charge < -0.3 is 15.5 Å². The maximum atomic E-state index is 13.3. The highest BCUT2D eigenvalue weighted by molar-refractivity contribution is 5.80. The van der Waals surface area contributed by atoms with Gasteiger partial charge in [0, 0.05) is 31.4 Å². The summed E-state index contributed by atoms with van der Waals surface area (Å²) in [4.78, 5) is 6.10. The van der Waals surface area contributed by atoms with Gasteiger partial charge >= 0.3 is 6.18 Å². The highest BCUT2D eigenvalue weighted by Crippen LogP contribution is 2.21. The van der Waals surface area contributed by atoms with Crippen LogP contribution >= 0.6 is 0 Å². The Hall–Kier alpha value is -1.99. The first-order valence-electron chi connectivity index (χ1n) is 8.49. The minimum Gasteiger partial charge on any atom is -0.371 e. The van der Waals surface area contributed by atoms with Crippen molar-refractivity contribution < 1.29 is 17.6 Å². The van der Waals surface area contributed by atoms with E-state index in [2.05, 4.69) is 20.5 Å². The molecule has 25 heavy (non-hydrogen) atoms. The average Bonchev–Trinajstić information content (AvgIpc) is 2.54. The minimum atomic E-state index is -4.20. The summed E-state index contributed by atoms with van der Waals surface area (Å²) in [5.41, 5.74) is 0.851. The third kappa shape index (κ3) is 6.80. The molecular formula is C17H24F4N4. The van der Waals surface area contributed by atoms with Crippen LogP contribution in [0.4, 0.5) is 23.2 Å². The van der Waals surface area contributed by atoms with Gasteiger partial charge in [0.15, 0.2) is 5.96 Å². The maximum absolute atomic E-state index is 13.3. The van der Waals surface area contributed by atoms with Gasteiger partial charge in [-0.15, -0.1) is 0 Å². The van der Waals surface area contributed by atoms with Gasteiger partial charge in [0.25, 0.3) is 0 Å². The quantitative estimate of drug-likeness (QED) is 0.481. The molecule has 2 rings (SSSR count). The van der Waals surface area contributed by atoms with E-state index < -0.39 is 12.6 Å². The van der Waals surface area contributed by atoms with Crippen molar-refractivity contribution in [3.05, 3.63) is 30.1 Å². The molecule has 0 spiro atoms. The van der Waals surface area contributed by atoms with E-state index >= 15 is 0 Å². The van der Waals surface area contributed by atoms with Crippen LogP contribution in [0.3, 0.4) is 0 Å². The normalized spacial score (nSPS) is 16.8. The molecule has 0 amide bonds. The molecule has 0 saturated carbocycles. The third-order valence-electron chi connectivity index (χ3n) is 4.02. The van der Waals surface area contributed by atoms with Gasteiger partial charge in [-0.1, -0.05) is 6.07 Å². The Kier molecular flexibility index (Phi) is 6.90. The first-order valence-corrected chi connectivity index (χ1v) is 8.49. The van der Waals surface area contributed by atoms with E-state index in [9.17, 15) is 17.6 Å². The number of anilines is 1. The van der Waals surface area contributed by atoms with Crippen LogP contribution in [0.1, 0.15) is 26.2 Å². The van der Waals surface area contributed by atoms with Crippen molar-refractivity contribution in [2.45, 2.75) is 38.4 Å². The third-order valence-corrected chi connectivity index (χ3v) is 4.02. The van der Waals surface area contributed by atoms with Crippen LogP contribution in [0.25, 0.3) is 0 Å². The van der Waals surface area contributed by atoms with E-state index in [-0.39, 0.29) is 18.4 Å². The van der Waals surface area contributed by atoms with Gasteiger partial charge in [-0.3, -0.25) is 4.99 Å². The Morgan fingerprint density at radius 1 is 1.28 bits per heavy atom. The van der Waals surface area contributed by atoms with E-state index in [1.807, 2.05) is 13.0 Å². The SMILES string of the molecule is CCNC(=NCCC(F)(F)F)NC1CCN(c2cccc(F)c2)CC1. The van der Waals surface area contributed by atoms with Gasteiger partial charge in [0.2, 0.25) is 0 Å². The molecule has 1 aromatic rings. The highest BCUT2D eigenvalue weighted by Gasteiger charge is 2.26. The molecule has 1 saturated heterocycles. The number of hydrogen-bond donors (Lipinski definition) is 2. The van der Waals surface area contributed by atoms with Crippen molar-refractivity contribution in [1.29, 1.82) is 0 Å². The van der Waals surface area contributed by atoms with Crippen molar-refractivity contribution in [3.8, 4) is 0 Å². The van der Waals surface area contributed by atoms with Gasteiger partial charge in [-0.2, -0.15) is 13.2 Å². The van der Waals surface area contributed by atoms with E-state index in [1.165, 1.54) is 12.1 Å². The number of guanidine groups is 1. The second kappa shape index (κ2) is 8.92. The first kappa shape index (κ1) is 19.3. The second-order valence-corrected chi connectivity index (χ2v) is 6.01. The molecule has 1 aliphatic heterocycles. The largest absolute Gasteiger partial charge is 0.390 e. The molecule has 0 aliphatic carbocycles. The van der Waals surface area contributed by atoms with Crippen molar-refractivity contribution in [1.82, 2.24) is 10.6 Å². The molecule has 0 unspecified atom stereocenters. The van der Waals surface area contributed by atoms with E-state index in [0.29, 0.717) is 12.5 Å². The summed E-state index contributed by atoms with van der Waals surface area (Å²) in [7, 11) is 0. The second-order valence-electron chi connectivity index (χ2n) is 6.01. The zero-order chi connectivity index (χ0) is 18.3. The summed E-state index contributed by atoms with van der Waals surface area (Å²) in [6, 6.07) is 6.62. The average molecular weight is 360 g/mol. The molecule has 0 radical (unpaired) electrons. The molecule has 0 atom stereocenters. The highest BCUT2D eigenvalue weighted by atomic mass is 19.4. The maximum Gasteiger partial charge on any atom is 0.390 e. The van der Waals surface area contributed by atoms with E-state index in [4.69, 9.17) is 0 Å². The fourth-order valence-corrected chi connectivity index (χ4v) is 2.76. The molecule has 8 heteroatoms. The van der Waals surface area contributed by atoms with Crippen LogP contribution in [0, 0.1) is 5.82 Å². The van der Waals surface area contributed by atoms with Gasteiger partial charge in [0.1, 0.15) is 5.82 Å². The predicted molar refractivity (Wildman–Crippen MR) is 91.4 cm³/mol. The van der Waals surface area contributed by atoms with Gasteiger partial charge in [0.05, 0.1) is 13.0 Å². The lowest BCUT2D eigenvalue weighted by molar-refractivity contribution is -0.132. The summed E-state index contributed by atoms with van der Waals surface area (Å²) in [6.07, 6.45) is -3.51. The van der Waals surface area contributed by atoms with Crippen LogP contribution in [0.5, 0.6) is 0 Å². The smallest absolute Gasteiger partial charge is 0.371 e. The molecule has 1 fully saturated rings. The Balaban J connectivity index is 1.85. The summed E-state index contributed by atoms with van der Waals surface area (Å²) in [6.45, 7) is 3.67. The predicted octanol–water partition coefficient (Wildman–Crippen LogP) is 3.30. The number of nitrogens with zero attached hydrogens (tertiary/aromatic N) is 2. The first-order chi connectivity index (χ1) is 11.9. The van der Waals surface area contributed by atoms with E-state index in [1.54, 1.807) is 6.07 Å². The lowest BCUT2D eigenvalue weighted by atomic mass is 10.0. The zero-order valence-electron chi connectivity index (χ0n) is 14.2. The van der Waals surface area contributed by atoms with Crippen molar-refractivity contribution in [3.63, 3.8) is 0 Å². The molecule has 4 nitrogen and oxygen atoms in total. The topological polar surface area (TPSA) is 39.7 Å². The summed E-state index contributed by atoms with van der Waals surface area (Å²) >= 11 is 0. The van der Waals surface area contributed by atoms with Crippen LogP contribution in [-0.4, -0.2) is 44.4 Å². The molecule has 0 bridgehead atoms. The number of rotatable bonds is 5. The van der Waals surface area contributed by atoms with Gasteiger partial charge in [-0.25, -0.2) is 4.39 Å². The molecule has 0 aromatic heterocycles. The molecule has 2 N–H and O–H groups in total. The van der Waals surface area contributed by atoms with Crippen LogP contribution in [0.15, 0.2) is 29.3 Å². The number of nitrogens with one attached hydrogen (secondary N) is 2. The lowest BCUT2D eigenvalue weighted by Gasteiger charge is -2.34. The molecule has 1 aliphatic rings. The fraction of sp³-hybridized carbons (Fsp3) is 0.588. The standard InChI is InChI=1S/C17H24F4N4/c1-2-22-16(23-9-8-17(19,20)21)24-14-6-10-25(11-7-14)15-5-3-4-13(18)12-15/h3-5,12,14H,2,6-11H2,1H3,(H2,22,23,24). The van der Waals surface area contributed by atoms with Crippen LogP contribution in [0.2, 0.25) is 0 Å². The summed E-state index contributed by atoms with van der Waals surface area (Å²) in [5.74, 6) is 0.153. The fourth-order valence-electron chi connectivity index (χ4n) is 2.76. The van der Waals surface area contributed by atoms with Crippen LogP contribution < -0.4 is 15.5 Å². The number of benzene rings is 1. The Labute approximate surface area is 145 Å². The number of alkyl halides is 3. The van der Waals surface area contributed by atoms with Gasteiger partial charge in [-0.05, 0) is 38.0 Å². The zero-order valence-corrected chi connectivity index (χ0v) is 14.2. The minimum absolute atomic E-state index is 0.133. The van der Waals surface area contributed by atoms with E-state index in [0.717, 1.165) is 31.6 Å². The Morgan fingerprint density at radius 3 is 2.60 bits per heavy atom. The summed E-state index contributed by atoms with van der Waals surface area (Å²) < 4.78 is 50.0. The number of hydrogen-bond acceptors (Lipinski definition) is 2. The molecule has 1 aromatic carbocycles. The number of halogens is 4. The van der Waals surface area contributed by atoms with Crippen molar-refractivity contribution in [2.24, 2.45) is 4.99 Å². The number of piperidine rings is 1. The summed E-state index contributed by atoms with van der Waals surface area (Å²) in [5, 5.41) is 6.17. The number of aliphatic imine (C=N–C) groups is 1. The Bertz CT molecular complexity index is 566. The molecular weight excluding hydrogens is 336 g/mol. The van der Waals surface area contributed by atoms with Crippen LogP contribution in [-0.2, 0) is 0 Å².